The summed E-state index contributed by atoms with van der Waals surface area (Å²) in [5.74, 6) is 2.03. The number of likely N-dealkylation sites (tertiary alicyclic amines) is 1. The van der Waals surface area contributed by atoms with Gasteiger partial charge in [-0.25, -0.2) is 0 Å². The second-order valence-electron chi connectivity index (χ2n) is 6.42. The van der Waals surface area contributed by atoms with Gasteiger partial charge < -0.3 is 5.32 Å². The van der Waals surface area contributed by atoms with Gasteiger partial charge in [0.25, 0.3) is 0 Å². The summed E-state index contributed by atoms with van der Waals surface area (Å²) < 4.78 is 0. The maximum Gasteiger partial charge on any atom is 0.0226 e. The van der Waals surface area contributed by atoms with Crippen LogP contribution < -0.4 is 5.32 Å². The predicted molar refractivity (Wildman–Crippen MR) is 72.1 cm³/mol. The van der Waals surface area contributed by atoms with E-state index in [1.54, 1.807) is 0 Å². The minimum atomic E-state index is 0.814. The molecule has 0 amide bonds. The van der Waals surface area contributed by atoms with Crippen LogP contribution in [0.3, 0.4) is 0 Å². The lowest BCUT2D eigenvalue weighted by Gasteiger charge is -2.37. The molecule has 3 rings (SSSR count). The Bertz CT molecular complexity index is 251. The van der Waals surface area contributed by atoms with Gasteiger partial charge in [0, 0.05) is 18.6 Å². The first kappa shape index (κ1) is 12.0. The fourth-order valence-corrected chi connectivity index (χ4v) is 4.52. The van der Waals surface area contributed by atoms with Gasteiger partial charge in [-0.2, -0.15) is 0 Å². The van der Waals surface area contributed by atoms with Crippen LogP contribution in [-0.2, 0) is 0 Å². The van der Waals surface area contributed by atoms with Crippen molar-refractivity contribution in [3.05, 3.63) is 0 Å². The lowest BCUT2D eigenvalue weighted by molar-refractivity contribution is 0.123. The van der Waals surface area contributed by atoms with Gasteiger partial charge in [-0.3, -0.25) is 4.90 Å². The third kappa shape index (κ3) is 2.39. The van der Waals surface area contributed by atoms with Crippen molar-refractivity contribution in [1.29, 1.82) is 0 Å². The molecule has 17 heavy (non-hydrogen) atoms. The van der Waals surface area contributed by atoms with Gasteiger partial charge in [0.2, 0.25) is 0 Å². The Labute approximate surface area is 106 Å². The van der Waals surface area contributed by atoms with Crippen LogP contribution in [0.1, 0.15) is 51.9 Å². The van der Waals surface area contributed by atoms with Crippen molar-refractivity contribution in [3.63, 3.8) is 0 Å². The molecule has 3 fully saturated rings. The molecule has 0 spiro atoms. The highest BCUT2D eigenvalue weighted by Gasteiger charge is 2.40. The van der Waals surface area contributed by atoms with Crippen molar-refractivity contribution >= 4 is 0 Å². The number of hydrogen-bond donors (Lipinski definition) is 1. The lowest BCUT2D eigenvalue weighted by atomic mass is 9.92. The summed E-state index contributed by atoms with van der Waals surface area (Å²) in [5, 5.41) is 3.81. The Hall–Kier alpha value is -0.0800. The molecule has 98 valence electrons. The van der Waals surface area contributed by atoms with E-state index in [2.05, 4.69) is 17.1 Å². The Morgan fingerprint density at radius 1 is 1.12 bits per heavy atom. The Balaban J connectivity index is 1.58. The van der Waals surface area contributed by atoms with Gasteiger partial charge in [0.1, 0.15) is 0 Å². The molecule has 4 unspecified atom stereocenters. The molecule has 1 aliphatic carbocycles. The predicted octanol–water partition coefficient (Wildman–Crippen LogP) is 2.64. The lowest BCUT2D eigenvalue weighted by Crippen LogP contribution is -2.47. The van der Waals surface area contributed by atoms with Gasteiger partial charge in [0.15, 0.2) is 0 Å². The van der Waals surface area contributed by atoms with E-state index in [0.29, 0.717) is 0 Å². The highest BCUT2D eigenvalue weighted by atomic mass is 15.2. The highest BCUT2D eigenvalue weighted by Crippen LogP contribution is 2.38. The Morgan fingerprint density at radius 2 is 2.06 bits per heavy atom. The normalized spacial score (nSPS) is 42.9. The minimum absolute atomic E-state index is 0.814. The van der Waals surface area contributed by atoms with Gasteiger partial charge >= 0.3 is 0 Å². The van der Waals surface area contributed by atoms with Crippen molar-refractivity contribution < 1.29 is 0 Å². The first-order valence-corrected chi connectivity index (χ1v) is 7.86. The van der Waals surface area contributed by atoms with Crippen molar-refractivity contribution in [3.8, 4) is 0 Å². The van der Waals surface area contributed by atoms with Crippen LogP contribution in [0, 0.1) is 11.8 Å². The summed E-state index contributed by atoms with van der Waals surface area (Å²) in [6.45, 7) is 6.36. The van der Waals surface area contributed by atoms with E-state index < -0.39 is 0 Å². The van der Waals surface area contributed by atoms with Crippen LogP contribution in [0.2, 0.25) is 0 Å². The summed E-state index contributed by atoms with van der Waals surface area (Å²) in [6.07, 6.45) is 10.2. The number of nitrogens with zero attached hydrogens (tertiary/aromatic N) is 1. The topological polar surface area (TPSA) is 15.3 Å². The van der Waals surface area contributed by atoms with Crippen LogP contribution >= 0.6 is 0 Å². The molecule has 4 atom stereocenters. The summed E-state index contributed by atoms with van der Waals surface area (Å²) in [4.78, 5) is 2.79. The molecule has 1 N–H and O–H groups in total. The molecule has 0 aromatic heterocycles. The van der Waals surface area contributed by atoms with E-state index in [9.17, 15) is 0 Å². The number of piperidine rings is 1. The summed E-state index contributed by atoms with van der Waals surface area (Å²) in [7, 11) is 0. The van der Waals surface area contributed by atoms with E-state index in [0.717, 1.165) is 23.9 Å². The Kier molecular flexibility index (Phi) is 3.72. The van der Waals surface area contributed by atoms with Gasteiger partial charge in [-0.05, 0) is 57.0 Å². The smallest absolute Gasteiger partial charge is 0.0226 e. The quantitative estimate of drug-likeness (QED) is 0.810. The summed E-state index contributed by atoms with van der Waals surface area (Å²) >= 11 is 0. The molecule has 2 heterocycles. The maximum atomic E-state index is 3.81. The minimum Gasteiger partial charge on any atom is -0.312 e. The molecule has 2 aliphatic heterocycles. The van der Waals surface area contributed by atoms with Crippen molar-refractivity contribution in [2.45, 2.75) is 64.0 Å². The van der Waals surface area contributed by atoms with Gasteiger partial charge in [-0.1, -0.05) is 19.8 Å². The van der Waals surface area contributed by atoms with Crippen LogP contribution in [0.4, 0.5) is 0 Å². The molecular weight excluding hydrogens is 208 g/mol. The maximum absolute atomic E-state index is 3.81. The number of rotatable bonds is 3. The third-order valence-electron chi connectivity index (χ3n) is 5.53. The van der Waals surface area contributed by atoms with Crippen LogP contribution in [0.5, 0.6) is 0 Å². The Morgan fingerprint density at radius 3 is 2.94 bits per heavy atom. The van der Waals surface area contributed by atoms with Crippen molar-refractivity contribution in [2.24, 2.45) is 11.8 Å². The molecule has 1 saturated carbocycles. The van der Waals surface area contributed by atoms with Gasteiger partial charge in [0.05, 0.1) is 0 Å². The SMILES string of the molecule is CCC1CCCCN1CC1NCC2CCCC21. The summed E-state index contributed by atoms with van der Waals surface area (Å²) in [6, 6.07) is 1.70. The molecule has 2 nitrogen and oxygen atoms in total. The third-order valence-corrected chi connectivity index (χ3v) is 5.53. The first-order valence-electron chi connectivity index (χ1n) is 7.86. The number of hydrogen-bond acceptors (Lipinski definition) is 2. The second-order valence-corrected chi connectivity index (χ2v) is 6.42. The zero-order valence-corrected chi connectivity index (χ0v) is 11.3. The fraction of sp³-hybridized carbons (Fsp3) is 1.00. The van der Waals surface area contributed by atoms with E-state index in [1.165, 1.54) is 64.6 Å². The highest BCUT2D eigenvalue weighted by molar-refractivity contribution is 4.96. The van der Waals surface area contributed by atoms with E-state index in [1.807, 2.05) is 0 Å². The van der Waals surface area contributed by atoms with Crippen molar-refractivity contribution in [1.82, 2.24) is 10.2 Å². The molecule has 0 bridgehead atoms. The molecule has 3 aliphatic rings. The van der Waals surface area contributed by atoms with Crippen molar-refractivity contribution in [2.75, 3.05) is 19.6 Å². The van der Waals surface area contributed by atoms with E-state index in [-0.39, 0.29) is 0 Å². The molecular formula is C15H28N2. The monoisotopic (exact) mass is 236 g/mol. The van der Waals surface area contributed by atoms with Crippen LogP contribution in [0.25, 0.3) is 0 Å². The fourth-order valence-electron chi connectivity index (χ4n) is 4.52. The number of nitrogens with one attached hydrogen (secondary N) is 1. The molecule has 2 heteroatoms. The standard InChI is InChI=1S/C15H28N2/c1-2-13-7-3-4-9-17(13)11-15-14-8-5-6-12(14)10-16-15/h12-16H,2-11H2,1H3. The van der Waals surface area contributed by atoms with Crippen LogP contribution in [0.15, 0.2) is 0 Å². The zero-order valence-electron chi connectivity index (χ0n) is 11.3. The number of fused-ring (bicyclic) bond motifs is 1. The molecule has 2 saturated heterocycles. The largest absolute Gasteiger partial charge is 0.312 e. The molecule has 0 radical (unpaired) electrons. The van der Waals surface area contributed by atoms with Crippen LogP contribution in [-0.4, -0.2) is 36.6 Å². The average Bonchev–Trinajstić information content (AvgIpc) is 2.95. The first-order chi connectivity index (χ1) is 8.38. The summed E-state index contributed by atoms with van der Waals surface area (Å²) in [5.41, 5.74) is 0. The van der Waals surface area contributed by atoms with E-state index in [4.69, 9.17) is 0 Å². The second kappa shape index (κ2) is 5.27. The molecule has 0 aromatic rings. The van der Waals surface area contributed by atoms with E-state index >= 15 is 0 Å². The molecule has 0 aromatic carbocycles. The zero-order chi connectivity index (χ0) is 11.7. The average molecular weight is 236 g/mol. The van der Waals surface area contributed by atoms with Gasteiger partial charge in [-0.15, -0.1) is 0 Å².